The summed E-state index contributed by atoms with van der Waals surface area (Å²) in [5, 5.41) is 19.7. The van der Waals surface area contributed by atoms with Crippen molar-refractivity contribution >= 4 is 6.09 Å². The third-order valence-electron chi connectivity index (χ3n) is 4.17. The Bertz CT molecular complexity index is 434. The summed E-state index contributed by atoms with van der Waals surface area (Å²) in [5.74, 6) is 0.513. The zero-order valence-electron chi connectivity index (χ0n) is 13.8. The number of carbonyl (C=O) groups excluding carboxylic acids is 1. The van der Waals surface area contributed by atoms with Crippen molar-refractivity contribution in [3.05, 3.63) is 11.6 Å². The third-order valence-corrected chi connectivity index (χ3v) is 4.17. The second-order valence-electron chi connectivity index (χ2n) is 7.12. The van der Waals surface area contributed by atoms with Crippen molar-refractivity contribution in [1.29, 1.82) is 0 Å². The molecule has 0 aliphatic carbocycles. The summed E-state index contributed by atoms with van der Waals surface area (Å²) in [4.78, 5) is 15.7. The fraction of sp³-hybridized carbons (Fsp3) is 0.812. The minimum absolute atomic E-state index is 0.194. The van der Waals surface area contributed by atoms with Crippen LogP contribution in [0.25, 0.3) is 0 Å². The van der Waals surface area contributed by atoms with Crippen molar-refractivity contribution in [3.8, 4) is 0 Å². The predicted molar refractivity (Wildman–Crippen MR) is 83.2 cm³/mol. The molecule has 2 saturated heterocycles. The quantitative estimate of drug-likeness (QED) is 0.766. The van der Waals surface area contributed by atoms with E-state index >= 15 is 0 Å². The van der Waals surface area contributed by atoms with E-state index < -0.39 is 11.7 Å². The molecular weight excluding hydrogens is 284 g/mol. The number of likely N-dealkylation sites (tertiary alicyclic amines) is 2. The van der Waals surface area contributed by atoms with Gasteiger partial charge >= 0.3 is 6.09 Å². The minimum Gasteiger partial charge on any atom is -0.493 e. The van der Waals surface area contributed by atoms with Gasteiger partial charge in [-0.1, -0.05) is 0 Å². The highest BCUT2D eigenvalue weighted by molar-refractivity contribution is 5.71. The zero-order chi connectivity index (χ0) is 16.3. The normalized spacial score (nSPS) is 22.9. The number of nitrogens with zero attached hydrogens (tertiary/aromatic N) is 2. The van der Waals surface area contributed by atoms with Crippen LogP contribution in [0.3, 0.4) is 0 Å². The molecule has 2 aliphatic heterocycles. The van der Waals surface area contributed by atoms with Crippen LogP contribution < -0.4 is 0 Å². The Morgan fingerprint density at radius 1 is 1.27 bits per heavy atom. The van der Waals surface area contributed by atoms with E-state index in [1.54, 1.807) is 4.90 Å². The maximum absolute atomic E-state index is 12.3. The van der Waals surface area contributed by atoms with Crippen LogP contribution in [-0.4, -0.2) is 57.9 Å². The fourth-order valence-electron chi connectivity index (χ4n) is 2.94. The summed E-state index contributed by atoms with van der Waals surface area (Å²) < 4.78 is 5.41. The molecule has 2 fully saturated rings. The van der Waals surface area contributed by atoms with Gasteiger partial charge in [0, 0.05) is 26.2 Å². The van der Waals surface area contributed by atoms with Crippen LogP contribution in [0.2, 0.25) is 0 Å². The number of ether oxygens (including phenoxy) is 1. The second kappa shape index (κ2) is 6.77. The van der Waals surface area contributed by atoms with Crippen molar-refractivity contribution < 1.29 is 19.7 Å². The van der Waals surface area contributed by atoms with Gasteiger partial charge in [-0.15, -0.1) is 0 Å². The maximum Gasteiger partial charge on any atom is 0.414 e. The number of carbonyl (C=O) groups is 1. The van der Waals surface area contributed by atoms with Crippen LogP contribution in [0.1, 0.15) is 46.5 Å². The Kier molecular flexibility index (Phi) is 5.21. The summed E-state index contributed by atoms with van der Waals surface area (Å²) in [5.41, 5.74) is 0.122. The lowest BCUT2D eigenvalue weighted by Gasteiger charge is -2.33. The molecule has 0 aromatic carbocycles. The van der Waals surface area contributed by atoms with Gasteiger partial charge in [0.15, 0.2) is 0 Å². The van der Waals surface area contributed by atoms with Crippen molar-refractivity contribution in [2.24, 2.45) is 5.92 Å². The van der Waals surface area contributed by atoms with Gasteiger partial charge in [-0.05, 0) is 52.4 Å². The van der Waals surface area contributed by atoms with E-state index in [-0.39, 0.29) is 12.5 Å². The van der Waals surface area contributed by atoms with Crippen LogP contribution in [0.15, 0.2) is 11.6 Å². The Labute approximate surface area is 132 Å². The van der Waals surface area contributed by atoms with E-state index in [9.17, 15) is 15.0 Å². The topological polar surface area (TPSA) is 73.2 Å². The molecule has 6 heteroatoms. The number of amides is 1. The van der Waals surface area contributed by atoms with Crippen LogP contribution in [0, 0.1) is 5.92 Å². The molecule has 0 unspecified atom stereocenters. The smallest absolute Gasteiger partial charge is 0.414 e. The van der Waals surface area contributed by atoms with Crippen LogP contribution in [-0.2, 0) is 4.74 Å². The molecular formula is C16H28N2O4. The first-order chi connectivity index (χ1) is 10.3. The van der Waals surface area contributed by atoms with E-state index in [0.717, 1.165) is 19.3 Å². The molecule has 2 rings (SSSR count). The number of piperidine rings is 1. The molecule has 6 nitrogen and oxygen atoms in total. The van der Waals surface area contributed by atoms with Gasteiger partial charge in [-0.3, -0.25) is 4.90 Å². The van der Waals surface area contributed by atoms with Crippen molar-refractivity contribution in [2.45, 2.75) is 52.1 Å². The molecule has 0 aromatic heterocycles. The average Bonchev–Trinajstić information content (AvgIpc) is 2.94. The van der Waals surface area contributed by atoms with Crippen LogP contribution in [0.5, 0.6) is 0 Å². The number of allylic oxidation sites excluding steroid dienone is 1. The summed E-state index contributed by atoms with van der Waals surface area (Å²) >= 11 is 0. The molecule has 0 bridgehead atoms. The highest BCUT2D eigenvalue weighted by atomic mass is 16.6. The van der Waals surface area contributed by atoms with E-state index in [4.69, 9.17) is 4.74 Å². The number of aliphatic hydroxyl groups excluding tert-OH is 2. The first-order valence-electron chi connectivity index (χ1n) is 8.10. The summed E-state index contributed by atoms with van der Waals surface area (Å²) in [6, 6.07) is 0. The van der Waals surface area contributed by atoms with Gasteiger partial charge in [0.25, 0.3) is 0 Å². The number of rotatable bonds is 2. The summed E-state index contributed by atoms with van der Waals surface area (Å²) in [7, 11) is 0. The third kappa shape index (κ3) is 4.06. The average molecular weight is 312 g/mol. The predicted octanol–water partition coefficient (Wildman–Crippen LogP) is 2.45. The van der Waals surface area contributed by atoms with Crippen molar-refractivity contribution in [1.82, 2.24) is 9.80 Å². The molecule has 0 atom stereocenters. The van der Waals surface area contributed by atoms with Crippen molar-refractivity contribution in [2.75, 3.05) is 26.2 Å². The van der Waals surface area contributed by atoms with Crippen LogP contribution in [0.4, 0.5) is 4.79 Å². The lowest BCUT2D eigenvalue weighted by molar-refractivity contribution is 0.0314. The molecule has 126 valence electrons. The largest absolute Gasteiger partial charge is 0.493 e. The van der Waals surface area contributed by atoms with E-state index in [1.165, 1.54) is 0 Å². The Morgan fingerprint density at radius 2 is 1.91 bits per heavy atom. The zero-order valence-corrected chi connectivity index (χ0v) is 13.8. The number of hydrogen-bond acceptors (Lipinski definition) is 5. The highest BCUT2D eigenvalue weighted by Crippen LogP contribution is 2.29. The summed E-state index contributed by atoms with van der Waals surface area (Å²) in [6.45, 7) is 7.72. The van der Waals surface area contributed by atoms with Gasteiger partial charge in [0.2, 0.25) is 5.88 Å². The highest BCUT2D eigenvalue weighted by Gasteiger charge is 2.32. The molecule has 2 aliphatic rings. The van der Waals surface area contributed by atoms with Gasteiger partial charge in [0.1, 0.15) is 5.60 Å². The second-order valence-corrected chi connectivity index (χ2v) is 7.12. The maximum atomic E-state index is 12.3. The molecule has 2 heterocycles. The van der Waals surface area contributed by atoms with Gasteiger partial charge < -0.3 is 19.8 Å². The Morgan fingerprint density at radius 3 is 2.45 bits per heavy atom. The Hall–Kier alpha value is -1.43. The van der Waals surface area contributed by atoms with Gasteiger partial charge in [-0.25, -0.2) is 4.79 Å². The molecule has 0 spiro atoms. The van der Waals surface area contributed by atoms with Crippen LogP contribution >= 0.6 is 0 Å². The molecule has 0 aromatic rings. The van der Waals surface area contributed by atoms with E-state index in [2.05, 4.69) is 0 Å². The fourth-order valence-corrected chi connectivity index (χ4v) is 2.94. The lowest BCUT2D eigenvalue weighted by Crippen LogP contribution is -2.38. The molecule has 1 amide bonds. The standard InChI is InChI=1S/C16H28N2O4/c1-16(2,3)22-15(21)18-8-4-5-13(18)14(20)17-9-6-12(11-19)7-10-17/h12,19-20H,4-11H2,1-3H3/b14-13-. The number of hydrogen-bond donors (Lipinski definition) is 2. The lowest BCUT2D eigenvalue weighted by atomic mass is 9.98. The van der Waals surface area contributed by atoms with E-state index in [0.29, 0.717) is 37.7 Å². The van der Waals surface area contributed by atoms with Gasteiger partial charge in [-0.2, -0.15) is 0 Å². The molecule has 0 saturated carbocycles. The van der Waals surface area contributed by atoms with Crippen molar-refractivity contribution in [3.63, 3.8) is 0 Å². The first kappa shape index (κ1) is 16.9. The Balaban J connectivity index is 2.06. The minimum atomic E-state index is -0.542. The first-order valence-corrected chi connectivity index (χ1v) is 8.10. The molecule has 22 heavy (non-hydrogen) atoms. The summed E-state index contributed by atoms with van der Waals surface area (Å²) in [6.07, 6.45) is 2.86. The number of aliphatic hydroxyl groups is 2. The SMILES string of the molecule is CC(C)(C)OC(=O)N1CCC/C1=C(/O)N1CCC(CO)CC1. The van der Waals surface area contributed by atoms with Gasteiger partial charge in [0.05, 0.1) is 5.70 Å². The molecule has 0 radical (unpaired) electrons. The molecule has 2 N–H and O–H groups in total. The van der Waals surface area contributed by atoms with E-state index in [1.807, 2.05) is 25.7 Å². The monoisotopic (exact) mass is 312 g/mol.